The maximum atomic E-state index is 5.56. The van der Waals surface area contributed by atoms with Crippen molar-refractivity contribution in [3.05, 3.63) is 102 Å². The fraction of sp³-hybridized carbons (Fsp3) is 0.172. The molecule has 0 fully saturated rings. The Balaban J connectivity index is 1.68. The van der Waals surface area contributed by atoms with E-state index in [2.05, 4.69) is 34.7 Å². The number of ether oxygens (including phenoxy) is 4. The smallest absolute Gasteiger partial charge is 0.129 e. The summed E-state index contributed by atoms with van der Waals surface area (Å²) in [5.74, 6) is 3.01. The highest BCUT2D eigenvalue weighted by Crippen LogP contribution is 2.32. The number of rotatable bonds is 9. The van der Waals surface area contributed by atoms with Crippen molar-refractivity contribution in [3.63, 3.8) is 0 Å². The van der Waals surface area contributed by atoms with Crippen molar-refractivity contribution in [2.45, 2.75) is 6.04 Å². The van der Waals surface area contributed by atoms with Gasteiger partial charge in [-0.15, -0.1) is 0 Å². The first-order valence-corrected chi connectivity index (χ1v) is 11.3. The van der Waals surface area contributed by atoms with Crippen molar-refractivity contribution in [3.8, 4) is 23.0 Å². The van der Waals surface area contributed by atoms with E-state index in [1.165, 1.54) is 0 Å². The Bertz CT molecular complexity index is 1190. The normalized spacial score (nSPS) is 15.3. The van der Waals surface area contributed by atoms with E-state index in [0.717, 1.165) is 45.5 Å². The molecular formula is C29H30N2O4. The van der Waals surface area contributed by atoms with Gasteiger partial charge in [0.1, 0.15) is 23.0 Å². The third kappa shape index (κ3) is 5.27. The first-order valence-electron chi connectivity index (χ1n) is 11.3. The van der Waals surface area contributed by atoms with Gasteiger partial charge < -0.3 is 18.9 Å². The first-order chi connectivity index (χ1) is 17.2. The van der Waals surface area contributed by atoms with Crippen LogP contribution in [0.3, 0.4) is 0 Å². The van der Waals surface area contributed by atoms with Crippen molar-refractivity contribution < 1.29 is 18.9 Å². The lowest BCUT2D eigenvalue weighted by molar-refractivity contribution is 0.392. The Hall–Kier alpha value is -4.32. The van der Waals surface area contributed by atoms with Gasteiger partial charge in [0.15, 0.2) is 0 Å². The van der Waals surface area contributed by atoms with Crippen LogP contribution < -0.4 is 29.4 Å². The number of nitrogens with zero attached hydrogens (tertiary/aromatic N) is 1. The van der Waals surface area contributed by atoms with Gasteiger partial charge in [0.25, 0.3) is 0 Å². The minimum atomic E-state index is -0.0498. The number of hydrogen-bond donors (Lipinski definition) is 1. The van der Waals surface area contributed by atoms with Crippen molar-refractivity contribution >= 4 is 17.8 Å². The Morgan fingerprint density at radius 2 is 1.14 bits per heavy atom. The molecule has 6 heteroatoms. The molecule has 0 bridgehead atoms. The van der Waals surface area contributed by atoms with Crippen LogP contribution in [0.25, 0.3) is 12.2 Å². The minimum absolute atomic E-state index is 0.0498. The standard InChI is InChI=1S/C29H30N2O4/c1-32-26-12-8-13-27(33-2)24(26)18-16-21-20-23(31(30-21)22-10-6-5-7-11-22)17-19-25-28(34-3)14-9-15-29(25)35-4/h5-20,23,30H,1-4H3. The van der Waals surface area contributed by atoms with Crippen LogP contribution >= 0.6 is 0 Å². The summed E-state index contributed by atoms with van der Waals surface area (Å²) in [6, 6.07) is 21.7. The molecule has 0 spiro atoms. The third-order valence-electron chi connectivity index (χ3n) is 5.75. The Labute approximate surface area is 206 Å². The van der Waals surface area contributed by atoms with E-state index in [4.69, 9.17) is 18.9 Å². The molecule has 6 nitrogen and oxygen atoms in total. The molecule has 1 aliphatic rings. The molecule has 180 valence electrons. The van der Waals surface area contributed by atoms with Crippen LogP contribution in [-0.2, 0) is 0 Å². The topological polar surface area (TPSA) is 52.2 Å². The van der Waals surface area contributed by atoms with Crippen LogP contribution in [0.2, 0.25) is 0 Å². The molecule has 0 saturated carbocycles. The van der Waals surface area contributed by atoms with Gasteiger partial charge in [-0.25, -0.2) is 0 Å². The zero-order chi connectivity index (χ0) is 24.6. The number of allylic oxidation sites excluding steroid dienone is 1. The summed E-state index contributed by atoms with van der Waals surface area (Å²) >= 11 is 0. The Morgan fingerprint density at radius 3 is 1.66 bits per heavy atom. The molecule has 1 unspecified atom stereocenters. The minimum Gasteiger partial charge on any atom is -0.496 e. The van der Waals surface area contributed by atoms with Crippen LogP contribution in [0, 0.1) is 0 Å². The number of anilines is 1. The fourth-order valence-electron chi connectivity index (χ4n) is 4.03. The van der Waals surface area contributed by atoms with Gasteiger partial charge >= 0.3 is 0 Å². The molecule has 1 aliphatic heterocycles. The molecule has 1 atom stereocenters. The van der Waals surface area contributed by atoms with Crippen molar-refractivity contribution in [2.75, 3.05) is 33.4 Å². The second-order valence-electron chi connectivity index (χ2n) is 7.77. The zero-order valence-electron chi connectivity index (χ0n) is 20.4. The van der Waals surface area contributed by atoms with Gasteiger partial charge in [0, 0.05) is 0 Å². The number of hydrogen-bond acceptors (Lipinski definition) is 6. The summed E-state index contributed by atoms with van der Waals surface area (Å²) in [5, 5.41) is 2.11. The molecule has 0 amide bonds. The highest BCUT2D eigenvalue weighted by atomic mass is 16.5. The number of methoxy groups -OCH3 is 4. The van der Waals surface area contributed by atoms with Crippen LogP contribution in [0.5, 0.6) is 23.0 Å². The largest absolute Gasteiger partial charge is 0.496 e. The van der Waals surface area contributed by atoms with Gasteiger partial charge in [-0.3, -0.25) is 10.4 Å². The maximum Gasteiger partial charge on any atom is 0.129 e. The van der Waals surface area contributed by atoms with Gasteiger partial charge in [0.05, 0.1) is 57.0 Å². The lowest BCUT2D eigenvalue weighted by Gasteiger charge is -2.25. The first kappa shape index (κ1) is 23.8. The molecule has 0 radical (unpaired) electrons. The van der Waals surface area contributed by atoms with E-state index < -0.39 is 0 Å². The van der Waals surface area contributed by atoms with Gasteiger partial charge in [0.2, 0.25) is 0 Å². The predicted octanol–water partition coefficient (Wildman–Crippen LogP) is 5.72. The van der Waals surface area contributed by atoms with Crippen LogP contribution in [0.1, 0.15) is 11.1 Å². The molecule has 3 aromatic carbocycles. The van der Waals surface area contributed by atoms with E-state index in [1.54, 1.807) is 28.4 Å². The van der Waals surface area contributed by atoms with E-state index in [1.807, 2.05) is 72.8 Å². The number of nitrogens with one attached hydrogen (secondary N) is 1. The number of benzene rings is 3. The molecule has 0 aliphatic carbocycles. The lowest BCUT2D eigenvalue weighted by atomic mass is 10.1. The number of hydrazine groups is 1. The highest BCUT2D eigenvalue weighted by molar-refractivity contribution is 5.68. The predicted molar refractivity (Wildman–Crippen MR) is 141 cm³/mol. The van der Waals surface area contributed by atoms with E-state index in [0.29, 0.717) is 0 Å². The summed E-state index contributed by atoms with van der Waals surface area (Å²) in [5.41, 5.74) is 7.27. The second kappa shape index (κ2) is 11.2. The molecule has 4 rings (SSSR count). The Kier molecular flexibility index (Phi) is 7.63. The van der Waals surface area contributed by atoms with E-state index in [-0.39, 0.29) is 6.04 Å². The fourth-order valence-corrected chi connectivity index (χ4v) is 4.03. The summed E-state index contributed by atoms with van der Waals surface area (Å²) in [7, 11) is 6.63. The van der Waals surface area contributed by atoms with Crippen molar-refractivity contribution in [1.29, 1.82) is 0 Å². The summed E-state index contributed by atoms with van der Waals surface area (Å²) in [6.07, 6.45) is 10.3. The second-order valence-corrected chi connectivity index (χ2v) is 7.77. The van der Waals surface area contributed by atoms with Crippen molar-refractivity contribution in [1.82, 2.24) is 5.43 Å². The molecule has 3 aromatic rings. The van der Waals surface area contributed by atoms with Gasteiger partial charge in [-0.1, -0.05) is 36.4 Å². The third-order valence-corrected chi connectivity index (χ3v) is 5.75. The SMILES string of the molecule is COc1cccc(OC)c1C=CC1=CC(C=Cc2c(OC)cccc2OC)N(c2ccccc2)N1. The summed E-state index contributed by atoms with van der Waals surface area (Å²) in [4.78, 5) is 0. The molecule has 1 heterocycles. The van der Waals surface area contributed by atoms with Gasteiger partial charge in [-0.05, 0) is 60.7 Å². The molecule has 1 N–H and O–H groups in total. The molecule has 0 saturated heterocycles. The average Bonchev–Trinajstić information content (AvgIpc) is 3.33. The monoisotopic (exact) mass is 470 g/mol. The highest BCUT2D eigenvalue weighted by Gasteiger charge is 2.22. The summed E-state index contributed by atoms with van der Waals surface area (Å²) in [6.45, 7) is 0. The molecule has 35 heavy (non-hydrogen) atoms. The van der Waals surface area contributed by atoms with Crippen LogP contribution in [0.15, 0.2) is 90.7 Å². The zero-order valence-corrected chi connectivity index (χ0v) is 20.4. The molecule has 0 aromatic heterocycles. The van der Waals surface area contributed by atoms with Crippen LogP contribution in [-0.4, -0.2) is 34.5 Å². The van der Waals surface area contributed by atoms with Gasteiger partial charge in [-0.2, -0.15) is 0 Å². The quantitative estimate of drug-likeness (QED) is 0.431. The van der Waals surface area contributed by atoms with E-state index in [9.17, 15) is 0 Å². The number of para-hydroxylation sites is 1. The lowest BCUT2D eigenvalue weighted by Crippen LogP contribution is -2.37. The maximum absolute atomic E-state index is 5.56. The molecular weight excluding hydrogens is 440 g/mol. The Morgan fingerprint density at radius 1 is 0.629 bits per heavy atom. The summed E-state index contributed by atoms with van der Waals surface area (Å²) < 4.78 is 22.2. The average molecular weight is 471 g/mol. The van der Waals surface area contributed by atoms with Crippen molar-refractivity contribution in [2.24, 2.45) is 0 Å². The van der Waals surface area contributed by atoms with Crippen LogP contribution in [0.4, 0.5) is 5.69 Å². The van der Waals surface area contributed by atoms with E-state index >= 15 is 0 Å².